The van der Waals surface area contributed by atoms with Crippen LogP contribution in [0.15, 0.2) is 0 Å². The van der Waals surface area contributed by atoms with Gasteiger partial charge in [-0.25, -0.2) is 4.79 Å². The molecule has 1 saturated carbocycles. The van der Waals surface area contributed by atoms with Gasteiger partial charge in [-0.15, -0.1) is 0 Å². The van der Waals surface area contributed by atoms with E-state index in [-0.39, 0.29) is 6.09 Å². The van der Waals surface area contributed by atoms with Gasteiger partial charge in [-0.05, 0) is 39.5 Å². The Balaban J connectivity index is 1.66. The van der Waals surface area contributed by atoms with Gasteiger partial charge in [0.15, 0.2) is 0 Å². The summed E-state index contributed by atoms with van der Waals surface area (Å²) >= 11 is 0. The van der Waals surface area contributed by atoms with Crippen LogP contribution in [0, 0.1) is 5.92 Å². The summed E-state index contributed by atoms with van der Waals surface area (Å²) in [5, 5.41) is 0. The number of carbonyl (C=O) groups is 2. The maximum atomic E-state index is 12.1. The minimum Gasteiger partial charge on any atom is -0.444 e. The van der Waals surface area contributed by atoms with Gasteiger partial charge in [-0.1, -0.05) is 19.3 Å². The molecule has 2 fully saturated rings. The minimum absolute atomic E-state index is 0.223. The number of piperazine rings is 1. The molecule has 1 saturated heterocycles. The van der Waals surface area contributed by atoms with E-state index in [1.807, 2.05) is 25.7 Å². The summed E-state index contributed by atoms with van der Waals surface area (Å²) in [5.74, 6) is 0.683. The molecule has 0 aromatic carbocycles. The lowest BCUT2D eigenvalue weighted by molar-refractivity contribution is -0.119. The van der Waals surface area contributed by atoms with Gasteiger partial charge < -0.3 is 14.5 Å². The standard InChI is InChI=1S/C19H35N3O3/c1-19(2,3)25-18(24)22-13-11-20(12-14-22)9-10-21(16-23)15-17-7-5-4-6-8-17/h16-17H,4-15H2,1-3H3. The van der Waals surface area contributed by atoms with Crippen LogP contribution in [-0.4, -0.2) is 78.6 Å². The Morgan fingerprint density at radius 1 is 1.12 bits per heavy atom. The van der Waals surface area contributed by atoms with Crippen molar-refractivity contribution in [3.8, 4) is 0 Å². The van der Waals surface area contributed by atoms with Crippen molar-refractivity contribution >= 4 is 12.5 Å². The highest BCUT2D eigenvalue weighted by atomic mass is 16.6. The molecule has 25 heavy (non-hydrogen) atoms. The van der Waals surface area contributed by atoms with E-state index in [2.05, 4.69) is 4.90 Å². The Kier molecular flexibility index (Phi) is 7.54. The van der Waals surface area contributed by atoms with E-state index in [0.29, 0.717) is 19.0 Å². The van der Waals surface area contributed by atoms with Crippen LogP contribution in [-0.2, 0) is 9.53 Å². The fourth-order valence-corrected chi connectivity index (χ4v) is 3.64. The van der Waals surface area contributed by atoms with E-state index in [0.717, 1.165) is 39.1 Å². The third-order valence-electron chi connectivity index (χ3n) is 5.09. The number of ether oxygens (including phenoxy) is 1. The predicted octanol–water partition coefficient (Wildman–Crippen LogP) is 2.58. The molecule has 144 valence electrons. The summed E-state index contributed by atoms with van der Waals surface area (Å²) < 4.78 is 5.43. The molecule has 0 unspecified atom stereocenters. The van der Waals surface area contributed by atoms with Gasteiger partial charge in [0.25, 0.3) is 0 Å². The number of nitrogens with zero attached hydrogens (tertiary/aromatic N) is 3. The molecule has 2 amide bonds. The van der Waals surface area contributed by atoms with E-state index in [1.54, 1.807) is 4.90 Å². The summed E-state index contributed by atoms with van der Waals surface area (Å²) in [6.07, 6.45) is 7.27. The molecule has 6 nitrogen and oxygen atoms in total. The lowest BCUT2D eigenvalue weighted by Gasteiger charge is -2.36. The smallest absolute Gasteiger partial charge is 0.410 e. The number of carbonyl (C=O) groups excluding carboxylic acids is 2. The molecular formula is C19H35N3O3. The van der Waals surface area contributed by atoms with Gasteiger partial charge in [-0.3, -0.25) is 9.69 Å². The monoisotopic (exact) mass is 353 g/mol. The van der Waals surface area contributed by atoms with Crippen molar-refractivity contribution in [1.82, 2.24) is 14.7 Å². The fourth-order valence-electron chi connectivity index (χ4n) is 3.64. The Morgan fingerprint density at radius 3 is 2.32 bits per heavy atom. The van der Waals surface area contributed by atoms with Gasteiger partial charge in [0.05, 0.1) is 0 Å². The molecule has 0 aromatic heterocycles. The molecule has 0 atom stereocenters. The van der Waals surface area contributed by atoms with Gasteiger partial charge in [0.1, 0.15) is 5.60 Å². The number of rotatable bonds is 6. The van der Waals surface area contributed by atoms with Gasteiger partial charge in [0, 0.05) is 45.8 Å². The van der Waals surface area contributed by atoms with Gasteiger partial charge >= 0.3 is 6.09 Å². The first-order valence-electron chi connectivity index (χ1n) is 9.77. The average Bonchev–Trinajstić information content (AvgIpc) is 2.58. The van der Waals surface area contributed by atoms with E-state index in [9.17, 15) is 9.59 Å². The molecule has 1 heterocycles. The first-order valence-corrected chi connectivity index (χ1v) is 9.77. The number of hydrogen-bond acceptors (Lipinski definition) is 4. The number of amides is 2. The maximum Gasteiger partial charge on any atom is 0.410 e. The van der Waals surface area contributed by atoms with Crippen LogP contribution in [0.2, 0.25) is 0 Å². The summed E-state index contributed by atoms with van der Waals surface area (Å²) in [6.45, 7) is 11.3. The van der Waals surface area contributed by atoms with Crippen molar-refractivity contribution in [1.29, 1.82) is 0 Å². The highest BCUT2D eigenvalue weighted by molar-refractivity contribution is 5.68. The highest BCUT2D eigenvalue weighted by Gasteiger charge is 2.26. The zero-order chi connectivity index (χ0) is 18.3. The highest BCUT2D eigenvalue weighted by Crippen LogP contribution is 2.24. The molecule has 0 spiro atoms. The van der Waals surface area contributed by atoms with Crippen molar-refractivity contribution in [2.24, 2.45) is 5.92 Å². The van der Waals surface area contributed by atoms with Crippen molar-refractivity contribution in [3.63, 3.8) is 0 Å². The fraction of sp³-hybridized carbons (Fsp3) is 0.895. The molecule has 1 aliphatic carbocycles. The van der Waals surface area contributed by atoms with E-state index in [1.165, 1.54) is 32.1 Å². The molecule has 6 heteroatoms. The van der Waals surface area contributed by atoms with Crippen molar-refractivity contribution in [3.05, 3.63) is 0 Å². The first kappa shape index (κ1) is 20.0. The van der Waals surface area contributed by atoms with Crippen LogP contribution in [0.4, 0.5) is 4.79 Å². The average molecular weight is 354 g/mol. The Bertz CT molecular complexity index is 422. The predicted molar refractivity (Wildman–Crippen MR) is 98.5 cm³/mol. The molecule has 2 aliphatic rings. The van der Waals surface area contributed by atoms with Crippen LogP contribution in [0.5, 0.6) is 0 Å². The Hall–Kier alpha value is -1.30. The zero-order valence-corrected chi connectivity index (χ0v) is 16.2. The molecule has 0 radical (unpaired) electrons. The largest absolute Gasteiger partial charge is 0.444 e. The van der Waals surface area contributed by atoms with Crippen LogP contribution >= 0.6 is 0 Å². The van der Waals surface area contributed by atoms with Crippen molar-refractivity contribution < 1.29 is 14.3 Å². The summed E-state index contributed by atoms with van der Waals surface area (Å²) in [7, 11) is 0. The molecule has 0 N–H and O–H groups in total. The number of hydrogen-bond donors (Lipinski definition) is 0. The van der Waals surface area contributed by atoms with Gasteiger partial charge in [0.2, 0.25) is 6.41 Å². The van der Waals surface area contributed by atoms with Crippen molar-refractivity contribution in [2.45, 2.75) is 58.5 Å². The van der Waals surface area contributed by atoms with Crippen molar-refractivity contribution in [2.75, 3.05) is 45.8 Å². The molecule has 2 rings (SSSR count). The van der Waals surface area contributed by atoms with Crippen LogP contribution < -0.4 is 0 Å². The summed E-state index contributed by atoms with van der Waals surface area (Å²) in [5.41, 5.74) is -0.447. The lowest BCUT2D eigenvalue weighted by Crippen LogP contribution is -2.51. The molecule has 0 bridgehead atoms. The maximum absolute atomic E-state index is 12.1. The third-order valence-corrected chi connectivity index (χ3v) is 5.09. The summed E-state index contributed by atoms with van der Waals surface area (Å²) in [6, 6.07) is 0. The molecule has 0 aromatic rings. The second kappa shape index (κ2) is 9.41. The SMILES string of the molecule is CC(C)(C)OC(=O)N1CCN(CCN(C=O)CC2CCCCC2)CC1. The van der Waals surface area contributed by atoms with Gasteiger partial charge in [-0.2, -0.15) is 0 Å². The molecular weight excluding hydrogens is 318 g/mol. The Labute approximate surface area is 152 Å². The van der Waals surface area contributed by atoms with E-state index >= 15 is 0 Å². The normalized spacial score (nSPS) is 20.4. The topological polar surface area (TPSA) is 53.1 Å². The quantitative estimate of drug-likeness (QED) is 0.689. The third kappa shape index (κ3) is 7.22. The van der Waals surface area contributed by atoms with Crippen LogP contribution in [0.1, 0.15) is 52.9 Å². The minimum atomic E-state index is -0.447. The second-order valence-corrected chi connectivity index (χ2v) is 8.41. The second-order valence-electron chi connectivity index (χ2n) is 8.41. The van der Waals surface area contributed by atoms with E-state index in [4.69, 9.17) is 4.74 Å². The zero-order valence-electron chi connectivity index (χ0n) is 16.2. The summed E-state index contributed by atoms with van der Waals surface area (Å²) in [4.78, 5) is 29.5. The first-order chi connectivity index (χ1) is 11.9. The molecule has 1 aliphatic heterocycles. The van der Waals surface area contributed by atoms with Crippen LogP contribution in [0.3, 0.4) is 0 Å². The van der Waals surface area contributed by atoms with E-state index < -0.39 is 5.60 Å². The lowest BCUT2D eigenvalue weighted by atomic mass is 9.89. The Morgan fingerprint density at radius 2 is 1.76 bits per heavy atom. The van der Waals surface area contributed by atoms with Crippen LogP contribution in [0.25, 0.3) is 0 Å².